The van der Waals surface area contributed by atoms with E-state index in [4.69, 9.17) is 0 Å². The third-order valence-electron chi connectivity index (χ3n) is 3.83. The van der Waals surface area contributed by atoms with E-state index in [1.807, 2.05) is 24.3 Å². The number of carbonyl (C=O) groups is 1. The molecular formula is C17H14N2O3. The van der Waals surface area contributed by atoms with Gasteiger partial charge in [-0.2, -0.15) is 0 Å². The number of rotatable bonds is 2. The topological polar surface area (TPSA) is 63.5 Å². The first-order chi connectivity index (χ1) is 10.5. The monoisotopic (exact) mass is 294 g/mol. The van der Waals surface area contributed by atoms with Crippen molar-refractivity contribution in [2.24, 2.45) is 0 Å². The minimum atomic E-state index is -0.409. The van der Waals surface area contributed by atoms with E-state index in [1.54, 1.807) is 37.1 Å². The van der Waals surface area contributed by atoms with Crippen molar-refractivity contribution in [2.75, 3.05) is 11.9 Å². The third kappa shape index (κ3) is 2.16. The Kier molecular flexibility index (Phi) is 3.25. The highest BCUT2D eigenvalue weighted by Crippen LogP contribution is 2.36. The van der Waals surface area contributed by atoms with Crippen molar-refractivity contribution in [3.05, 3.63) is 69.3 Å². The number of amides is 1. The molecule has 0 aromatic heterocycles. The van der Waals surface area contributed by atoms with E-state index in [9.17, 15) is 14.9 Å². The van der Waals surface area contributed by atoms with Gasteiger partial charge in [-0.15, -0.1) is 0 Å². The Hall–Kier alpha value is -2.95. The first kappa shape index (κ1) is 14.0. The summed E-state index contributed by atoms with van der Waals surface area (Å²) in [4.78, 5) is 24.6. The molecule has 0 fully saturated rings. The second-order valence-corrected chi connectivity index (χ2v) is 5.24. The van der Waals surface area contributed by atoms with Gasteiger partial charge in [0.2, 0.25) is 0 Å². The first-order valence-electron chi connectivity index (χ1n) is 6.83. The number of likely N-dealkylation sites (N-methyl/N-ethyl adjacent to an activating group) is 1. The molecule has 2 aromatic carbocycles. The highest BCUT2D eigenvalue weighted by Gasteiger charge is 2.29. The van der Waals surface area contributed by atoms with Gasteiger partial charge in [0.15, 0.2) is 0 Å². The molecule has 0 bridgehead atoms. The fraction of sp³-hybridized carbons (Fsp3) is 0.118. The Morgan fingerprint density at radius 2 is 1.91 bits per heavy atom. The molecule has 5 heteroatoms. The van der Waals surface area contributed by atoms with Gasteiger partial charge in [-0.1, -0.05) is 30.3 Å². The fourth-order valence-electron chi connectivity index (χ4n) is 2.62. The Balaban J connectivity index is 2.12. The van der Waals surface area contributed by atoms with Crippen molar-refractivity contribution < 1.29 is 9.72 Å². The maximum Gasteiger partial charge on any atom is 0.272 e. The molecule has 1 aliphatic rings. The highest BCUT2D eigenvalue weighted by molar-refractivity contribution is 6.35. The molecule has 0 spiro atoms. The van der Waals surface area contributed by atoms with E-state index in [0.29, 0.717) is 16.7 Å². The molecule has 0 saturated heterocycles. The molecule has 1 heterocycles. The van der Waals surface area contributed by atoms with Crippen molar-refractivity contribution in [3.8, 4) is 0 Å². The fourth-order valence-corrected chi connectivity index (χ4v) is 2.62. The van der Waals surface area contributed by atoms with Gasteiger partial charge in [0.25, 0.3) is 11.6 Å². The number of hydrogen-bond acceptors (Lipinski definition) is 3. The summed E-state index contributed by atoms with van der Waals surface area (Å²) >= 11 is 0. The predicted molar refractivity (Wildman–Crippen MR) is 85.6 cm³/mol. The number of fused-ring (bicyclic) bond motifs is 1. The SMILES string of the molecule is Cc1ccc(/C=C2\C(=O)N(C)c3ccccc32)cc1[N+](=O)[O-]. The summed E-state index contributed by atoms with van der Waals surface area (Å²) in [6.07, 6.45) is 1.71. The average Bonchev–Trinajstić information content (AvgIpc) is 2.74. The standard InChI is InChI=1S/C17H14N2O3/c1-11-7-8-12(10-16(11)19(21)22)9-14-13-5-3-4-6-15(13)18(2)17(14)20/h3-10H,1-2H3/b14-9-. The lowest BCUT2D eigenvalue weighted by molar-refractivity contribution is -0.385. The van der Waals surface area contributed by atoms with Crippen LogP contribution in [-0.4, -0.2) is 17.9 Å². The van der Waals surface area contributed by atoms with E-state index in [-0.39, 0.29) is 11.6 Å². The van der Waals surface area contributed by atoms with E-state index in [1.165, 1.54) is 6.07 Å². The molecule has 0 radical (unpaired) electrons. The molecule has 0 atom stereocenters. The van der Waals surface area contributed by atoms with E-state index in [0.717, 1.165) is 11.3 Å². The van der Waals surface area contributed by atoms with Crippen molar-refractivity contribution >= 4 is 28.9 Å². The quantitative estimate of drug-likeness (QED) is 0.484. The number of benzene rings is 2. The van der Waals surface area contributed by atoms with Crippen molar-refractivity contribution in [3.63, 3.8) is 0 Å². The van der Waals surface area contributed by atoms with Crippen LogP contribution in [0, 0.1) is 17.0 Å². The molecule has 1 amide bonds. The third-order valence-corrected chi connectivity index (χ3v) is 3.83. The summed E-state index contributed by atoms with van der Waals surface area (Å²) in [7, 11) is 1.72. The predicted octanol–water partition coefficient (Wildman–Crippen LogP) is 3.42. The zero-order valence-corrected chi connectivity index (χ0v) is 12.2. The van der Waals surface area contributed by atoms with Crippen LogP contribution in [0.5, 0.6) is 0 Å². The number of anilines is 1. The molecule has 0 aliphatic carbocycles. The van der Waals surface area contributed by atoms with Gasteiger partial charge >= 0.3 is 0 Å². The molecule has 0 unspecified atom stereocenters. The number of nitro benzene ring substituents is 1. The van der Waals surface area contributed by atoms with Gasteiger partial charge in [-0.3, -0.25) is 14.9 Å². The second kappa shape index (κ2) is 5.11. The van der Waals surface area contributed by atoms with Crippen molar-refractivity contribution in [2.45, 2.75) is 6.92 Å². The maximum atomic E-state index is 12.4. The number of nitro groups is 1. The Bertz CT molecular complexity index is 824. The van der Waals surface area contributed by atoms with Crippen LogP contribution in [-0.2, 0) is 4.79 Å². The minimum absolute atomic E-state index is 0.0569. The number of hydrogen-bond donors (Lipinski definition) is 0. The molecular weight excluding hydrogens is 280 g/mol. The Morgan fingerprint density at radius 3 is 2.64 bits per heavy atom. The van der Waals surface area contributed by atoms with Crippen LogP contribution in [0.15, 0.2) is 42.5 Å². The molecule has 110 valence electrons. The molecule has 3 rings (SSSR count). The summed E-state index contributed by atoms with van der Waals surface area (Å²) in [5.41, 5.74) is 3.55. The molecule has 5 nitrogen and oxygen atoms in total. The van der Waals surface area contributed by atoms with E-state index >= 15 is 0 Å². The van der Waals surface area contributed by atoms with Crippen LogP contribution in [0.2, 0.25) is 0 Å². The van der Waals surface area contributed by atoms with Crippen LogP contribution in [0.1, 0.15) is 16.7 Å². The summed E-state index contributed by atoms with van der Waals surface area (Å²) < 4.78 is 0. The van der Waals surface area contributed by atoms with Gasteiger partial charge in [0.1, 0.15) is 0 Å². The summed E-state index contributed by atoms with van der Waals surface area (Å²) in [6.45, 7) is 1.69. The van der Waals surface area contributed by atoms with E-state index in [2.05, 4.69) is 0 Å². The van der Waals surface area contributed by atoms with Crippen LogP contribution < -0.4 is 4.90 Å². The van der Waals surface area contributed by atoms with Gasteiger partial charge in [-0.05, 0) is 24.6 Å². The number of aryl methyl sites for hydroxylation is 1. The summed E-state index contributed by atoms with van der Waals surface area (Å²) in [5.74, 6) is -0.107. The highest BCUT2D eigenvalue weighted by atomic mass is 16.6. The smallest absolute Gasteiger partial charge is 0.272 e. The molecule has 2 aromatic rings. The molecule has 22 heavy (non-hydrogen) atoms. The summed E-state index contributed by atoms with van der Waals surface area (Å²) in [5, 5.41) is 11.0. The van der Waals surface area contributed by atoms with Crippen LogP contribution in [0.25, 0.3) is 11.6 Å². The average molecular weight is 294 g/mol. The van der Waals surface area contributed by atoms with Crippen LogP contribution in [0.4, 0.5) is 11.4 Å². The number of para-hydroxylation sites is 1. The summed E-state index contributed by atoms with van der Waals surface area (Å²) in [6, 6.07) is 12.5. The van der Waals surface area contributed by atoms with Gasteiger partial charge in [-0.25, -0.2) is 0 Å². The lowest BCUT2D eigenvalue weighted by atomic mass is 10.0. The van der Waals surface area contributed by atoms with Crippen LogP contribution >= 0.6 is 0 Å². The van der Waals surface area contributed by atoms with Crippen molar-refractivity contribution in [1.82, 2.24) is 0 Å². The molecule has 0 saturated carbocycles. The number of nitrogens with zero attached hydrogens (tertiary/aromatic N) is 2. The van der Waals surface area contributed by atoms with Crippen LogP contribution in [0.3, 0.4) is 0 Å². The Morgan fingerprint density at radius 1 is 1.18 bits per heavy atom. The Labute approximate surface area is 127 Å². The normalized spacial score (nSPS) is 15.3. The maximum absolute atomic E-state index is 12.4. The lowest BCUT2D eigenvalue weighted by Gasteiger charge is -2.07. The van der Waals surface area contributed by atoms with Gasteiger partial charge < -0.3 is 4.90 Å². The van der Waals surface area contributed by atoms with Gasteiger partial charge in [0.05, 0.1) is 10.6 Å². The zero-order valence-electron chi connectivity index (χ0n) is 12.2. The minimum Gasteiger partial charge on any atom is -0.311 e. The largest absolute Gasteiger partial charge is 0.311 e. The molecule has 0 N–H and O–H groups in total. The first-order valence-corrected chi connectivity index (χ1v) is 6.83. The lowest BCUT2D eigenvalue weighted by Crippen LogP contribution is -2.20. The zero-order chi connectivity index (χ0) is 15.9. The number of carbonyl (C=O) groups excluding carboxylic acids is 1. The second-order valence-electron chi connectivity index (χ2n) is 5.24. The van der Waals surface area contributed by atoms with Crippen molar-refractivity contribution in [1.29, 1.82) is 0 Å². The van der Waals surface area contributed by atoms with Gasteiger partial charge in [0, 0.05) is 29.8 Å². The molecule has 1 aliphatic heterocycles. The van der Waals surface area contributed by atoms with E-state index < -0.39 is 4.92 Å².